The first-order valence-electron chi connectivity index (χ1n) is 6.75. The third kappa shape index (κ3) is 3.15. The molecule has 2 aromatic rings. The molecule has 0 saturated carbocycles. The molecule has 2 atom stereocenters. The summed E-state index contributed by atoms with van der Waals surface area (Å²) < 4.78 is 6.72. The van der Waals surface area contributed by atoms with E-state index >= 15 is 0 Å². The first-order valence-corrected chi connectivity index (χ1v) is 7.56. The van der Waals surface area contributed by atoms with Crippen molar-refractivity contribution in [1.29, 1.82) is 0 Å². The molecule has 2 N–H and O–H groups in total. The number of amides is 2. The molecule has 1 fully saturated rings. The number of rotatable bonds is 3. The van der Waals surface area contributed by atoms with E-state index in [4.69, 9.17) is 4.74 Å². The van der Waals surface area contributed by atoms with Gasteiger partial charge in [-0.1, -0.05) is 0 Å². The Kier molecular flexibility index (Phi) is 4.16. The van der Waals surface area contributed by atoms with Gasteiger partial charge in [0.25, 0.3) is 5.56 Å². The van der Waals surface area contributed by atoms with Gasteiger partial charge in [0.1, 0.15) is 6.04 Å². The summed E-state index contributed by atoms with van der Waals surface area (Å²) >= 11 is 1.39. The maximum Gasteiger partial charge on any atom is 0.321 e. The van der Waals surface area contributed by atoms with Crippen molar-refractivity contribution in [2.45, 2.75) is 19.0 Å². The maximum absolute atomic E-state index is 12.0. The molecular weight excluding hydrogens is 306 g/mol. The molecule has 0 spiro atoms. The van der Waals surface area contributed by atoms with Gasteiger partial charge in [0, 0.05) is 23.3 Å². The summed E-state index contributed by atoms with van der Waals surface area (Å²) in [5, 5.41) is 10.1. The fourth-order valence-electron chi connectivity index (χ4n) is 2.25. The second-order valence-corrected chi connectivity index (χ2v) is 6.13. The minimum Gasteiger partial charge on any atom is -0.377 e. The van der Waals surface area contributed by atoms with Gasteiger partial charge in [-0.25, -0.2) is 14.5 Å². The van der Waals surface area contributed by atoms with Crippen LogP contribution in [-0.2, 0) is 4.74 Å². The lowest BCUT2D eigenvalue weighted by Crippen LogP contribution is -2.45. The van der Waals surface area contributed by atoms with Crippen molar-refractivity contribution >= 4 is 22.5 Å². The average Bonchev–Trinajstić information content (AvgIpc) is 3.09. The SMILES string of the molecule is Cc1cnc(NC(=O)NC2COCC2n2ncccc2=O)s1. The minimum absolute atomic E-state index is 0.222. The average molecular weight is 321 g/mol. The van der Waals surface area contributed by atoms with Crippen LogP contribution in [0.2, 0.25) is 0 Å². The largest absolute Gasteiger partial charge is 0.377 e. The van der Waals surface area contributed by atoms with Crippen LogP contribution in [0.15, 0.2) is 29.3 Å². The van der Waals surface area contributed by atoms with Crippen molar-refractivity contribution in [3.63, 3.8) is 0 Å². The Morgan fingerprint density at radius 2 is 2.36 bits per heavy atom. The Balaban J connectivity index is 1.67. The van der Waals surface area contributed by atoms with E-state index in [1.807, 2.05) is 6.92 Å². The second-order valence-electron chi connectivity index (χ2n) is 4.89. The number of anilines is 1. The molecule has 116 valence electrons. The number of ether oxygens (including phenoxy) is 1. The lowest BCUT2D eigenvalue weighted by Gasteiger charge is -2.19. The summed E-state index contributed by atoms with van der Waals surface area (Å²) in [7, 11) is 0. The number of carbonyl (C=O) groups is 1. The highest BCUT2D eigenvalue weighted by Gasteiger charge is 2.32. The quantitative estimate of drug-likeness (QED) is 0.870. The van der Waals surface area contributed by atoms with Crippen molar-refractivity contribution in [2.75, 3.05) is 18.5 Å². The Bertz CT molecular complexity index is 728. The van der Waals surface area contributed by atoms with Gasteiger partial charge in [0.15, 0.2) is 5.13 Å². The molecule has 1 aliphatic heterocycles. The predicted molar refractivity (Wildman–Crippen MR) is 81.1 cm³/mol. The molecule has 22 heavy (non-hydrogen) atoms. The number of nitrogens with one attached hydrogen (secondary N) is 2. The topological polar surface area (TPSA) is 98.1 Å². The Morgan fingerprint density at radius 1 is 1.50 bits per heavy atom. The van der Waals surface area contributed by atoms with Crippen LogP contribution in [0.5, 0.6) is 0 Å². The van der Waals surface area contributed by atoms with Gasteiger partial charge < -0.3 is 10.1 Å². The number of nitrogens with zero attached hydrogens (tertiary/aromatic N) is 3. The summed E-state index contributed by atoms with van der Waals surface area (Å²) in [6.07, 6.45) is 3.23. The normalized spacial score (nSPS) is 20.8. The van der Waals surface area contributed by atoms with Gasteiger partial charge in [-0.2, -0.15) is 5.10 Å². The first kappa shape index (κ1) is 14.7. The molecule has 3 heterocycles. The van der Waals surface area contributed by atoms with Crippen LogP contribution in [0, 0.1) is 6.92 Å². The molecule has 8 nitrogen and oxygen atoms in total. The number of aromatic nitrogens is 3. The van der Waals surface area contributed by atoms with Crippen molar-refractivity contribution in [3.05, 3.63) is 39.8 Å². The molecule has 1 saturated heterocycles. The maximum atomic E-state index is 12.0. The van der Waals surface area contributed by atoms with Crippen molar-refractivity contribution in [1.82, 2.24) is 20.1 Å². The van der Waals surface area contributed by atoms with E-state index in [1.165, 1.54) is 28.3 Å². The summed E-state index contributed by atoms with van der Waals surface area (Å²) in [4.78, 5) is 28.9. The van der Waals surface area contributed by atoms with Crippen LogP contribution < -0.4 is 16.2 Å². The van der Waals surface area contributed by atoms with Crippen LogP contribution in [0.1, 0.15) is 10.9 Å². The summed E-state index contributed by atoms with van der Waals surface area (Å²) in [5.74, 6) is 0. The monoisotopic (exact) mass is 321 g/mol. The zero-order valence-electron chi connectivity index (χ0n) is 11.9. The van der Waals surface area contributed by atoms with Gasteiger partial charge in [-0.15, -0.1) is 11.3 Å². The molecule has 1 aliphatic rings. The van der Waals surface area contributed by atoms with E-state index < -0.39 is 0 Å². The van der Waals surface area contributed by atoms with E-state index in [1.54, 1.807) is 12.3 Å². The van der Waals surface area contributed by atoms with Gasteiger partial charge in [-0.05, 0) is 13.0 Å². The predicted octanol–water partition coefficient (Wildman–Crippen LogP) is 0.770. The Hall–Kier alpha value is -2.26. The third-order valence-corrected chi connectivity index (χ3v) is 4.09. The number of hydrogen-bond donors (Lipinski definition) is 2. The molecule has 0 aliphatic carbocycles. The van der Waals surface area contributed by atoms with Crippen molar-refractivity contribution < 1.29 is 9.53 Å². The minimum atomic E-state index is -0.376. The number of urea groups is 1. The second kappa shape index (κ2) is 6.24. The highest BCUT2D eigenvalue weighted by molar-refractivity contribution is 7.15. The standard InChI is InChI=1S/C13H15N5O3S/c1-8-5-14-13(22-8)17-12(20)16-9-6-21-7-10(9)18-11(19)3-2-4-15-18/h2-5,9-10H,6-7H2,1H3,(H2,14,16,17,20). The zero-order valence-corrected chi connectivity index (χ0v) is 12.7. The van der Waals surface area contributed by atoms with Crippen LogP contribution >= 0.6 is 11.3 Å². The van der Waals surface area contributed by atoms with Crippen molar-refractivity contribution in [3.8, 4) is 0 Å². The zero-order chi connectivity index (χ0) is 15.5. The van der Waals surface area contributed by atoms with E-state index in [-0.39, 0.29) is 23.7 Å². The number of aryl methyl sites for hydroxylation is 1. The van der Waals surface area contributed by atoms with E-state index in [0.717, 1.165) is 4.88 Å². The van der Waals surface area contributed by atoms with Crippen LogP contribution in [0.3, 0.4) is 0 Å². The first-order chi connectivity index (χ1) is 10.6. The number of hydrogen-bond acceptors (Lipinski definition) is 6. The molecule has 2 unspecified atom stereocenters. The van der Waals surface area contributed by atoms with E-state index in [0.29, 0.717) is 18.3 Å². The summed E-state index contributed by atoms with van der Waals surface area (Å²) in [6.45, 7) is 2.57. The van der Waals surface area contributed by atoms with Crippen LogP contribution in [0.4, 0.5) is 9.93 Å². The van der Waals surface area contributed by atoms with E-state index in [9.17, 15) is 9.59 Å². The van der Waals surface area contributed by atoms with Crippen LogP contribution in [0.25, 0.3) is 0 Å². The Morgan fingerprint density at radius 3 is 3.09 bits per heavy atom. The number of carbonyl (C=O) groups excluding carboxylic acids is 1. The van der Waals surface area contributed by atoms with Gasteiger partial charge >= 0.3 is 6.03 Å². The van der Waals surface area contributed by atoms with Gasteiger partial charge in [0.05, 0.1) is 19.3 Å². The van der Waals surface area contributed by atoms with Crippen molar-refractivity contribution in [2.24, 2.45) is 0 Å². The van der Waals surface area contributed by atoms with Gasteiger partial charge in [0.2, 0.25) is 0 Å². The molecule has 2 aromatic heterocycles. The van der Waals surface area contributed by atoms with E-state index in [2.05, 4.69) is 20.7 Å². The lowest BCUT2D eigenvalue weighted by atomic mass is 10.2. The molecule has 0 bridgehead atoms. The highest BCUT2D eigenvalue weighted by Crippen LogP contribution is 2.19. The lowest BCUT2D eigenvalue weighted by molar-refractivity contribution is 0.181. The van der Waals surface area contributed by atoms with Gasteiger partial charge in [-0.3, -0.25) is 10.1 Å². The third-order valence-electron chi connectivity index (χ3n) is 3.26. The molecular formula is C13H15N5O3S. The highest BCUT2D eigenvalue weighted by atomic mass is 32.1. The molecule has 3 rings (SSSR count). The molecule has 0 aromatic carbocycles. The Labute approximate surface area is 130 Å². The molecule has 9 heteroatoms. The molecule has 0 radical (unpaired) electrons. The molecule has 2 amide bonds. The van der Waals surface area contributed by atoms with Crippen LogP contribution in [-0.4, -0.2) is 40.1 Å². The number of thiazole rings is 1. The fourth-order valence-corrected chi connectivity index (χ4v) is 2.91. The summed E-state index contributed by atoms with van der Waals surface area (Å²) in [6, 6.07) is 1.99. The fraction of sp³-hybridized carbons (Fsp3) is 0.385. The summed E-state index contributed by atoms with van der Waals surface area (Å²) in [5.41, 5.74) is -0.222. The smallest absolute Gasteiger partial charge is 0.321 e.